The van der Waals surface area contributed by atoms with Gasteiger partial charge in [0.15, 0.2) is 0 Å². The van der Waals surface area contributed by atoms with Crippen molar-refractivity contribution in [1.29, 1.82) is 0 Å². The first-order valence-electron chi connectivity index (χ1n) is 9.19. The smallest absolute Gasteiger partial charge is 0.337 e. The third-order valence-corrected chi connectivity index (χ3v) is 4.03. The highest BCUT2D eigenvalue weighted by atomic mass is 16.5. The first-order valence-corrected chi connectivity index (χ1v) is 9.19. The van der Waals surface area contributed by atoms with Gasteiger partial charge in [-0.25, -0.2) is 9.78 Å². The molecule has 0 aliphatic heterocycles. The van der Waals surface area contributed by atoms with Crippen molar-refractivity contribution in [2.24, 2.45) is 5.92 Å². The van der Waals surface area contributed by atoms with Crippen LogP contribution in [-0.4, -0.2) is 29.6 Å². The standard InChI is InChI=1S/C22H24N4O2/c1-15(2)14-23-20-13-19(16-8-5-4-6-9-16)25-22(26-20)24-18-11-7-10-17(12-18)21(27)28-3/h4-13,15H,14H2,1-3H3,(H2,23,24,25,26). The molecule has 0 saturated heterocycles. The zero-order chi connectivity index (χ0) is 19.9. The fraction of sp³-hybridized carbons (Fsp3) is 0.227. The molecule has 28 heavy (non-hydrogen) atoms. The van der Waals surface area contributed by atoms with Crippen LogP contribution < -0.4 is 10.6 Å². The molecule has 0 radical (unpaired) electrons. The second-order valence-corrected chi connectivity index (χ2v) is 6.80. The summed E-state index contributed by atoms with van der Waals surface area (Å²) in [7, 11) is 1.36. The summed E-state index contributed by atoms with van der Waals surface area (Å²) >= 11 is 0. The van der Waals surface area contributed by atoms with Crippen molar-refractivity contribution in [2.75, 3.05) is 24.3 Å². The van der Waals surface area contributed by atoms with Crippen LogP contribution in [0.1, 0.15) is 24.2 Å². The zero-order valence-corrected chi connectivity index (χ0v) is 16.3. The number of benzene rings is 2. The Morgan fingerprint density at radius 2 is 1.82 bits per heavy atom. The molecule has 0 amide bonds. The van der Waals surface area contributed by atoms with E-state index in [-0.39, 0.29) is 5.97 Å². The minimum Gasteiger partial charge on any atom is -0.465 e. The Labute approximate surface area is 165 Å². The molecule has 0 atom stereocenters. The zero-order valence-electron chi connectivity index (χ0n) is 16.3. The van der Waals surface area contributed by atoms with Crippen LogP contribution in [-0.2, 0) is 4.74 Å². The van der Waals surface area contributed by atoms with Gasteiger partial charge in [-0.2, -0.15) is 4.98 Å². The van der Waals surface area contributed by atoms with Crippen molar-refractivity contribution >= 4 is 23.4 Å². The van der Waals surface area contributed by atoms with Gasteiger partial charge < -0.3 is 15.4 Å². The molecule has 0 bridgehead atoms. The Bertz CT molecular complexity index is 942. The highest BCUT2D eigenvalue weighted by Crippen LogP contribution is 2.23. The molecule has 1 heterocycles. The highest BCUT2D eigenvalue weighted by molar-refractivity contribution is 5.90. The maximum Gasteiger partial charge on any atom is 0.337 e. The highest BCUT2D eigenvalue weighted by Gasteiger charge is 2.10. The van der Waals surface area contributed by atoms with E-state index < -0.39 is 0 Å². The largest absolute Gasteiger partial charge is 0.465 e. The molecule has 2 N–H and O–H groups in total. The third kappa shape index (κ3) is 5.07. The van der Waals surface area contributed by atoms with Crippen molar-refractivity contribution in [3.8, 4) is 11.3 Å². The average Bonchev–Trinajstić information content (AvgIpc) is 2.72. The summed E-state index contributed by atoms with van der Waals surface area (Å²) in [6, 6.07) is 18.9. The molecular formula is C22H24N4O2. The van der Waals surface area contributed by atoms with E-state index >= 15 is 0 Å². The number of nitrogens with one attached hydrogen (secondary N) is 2. The van der Waals surface area contributed by atoms with Crippen molar-refractivity contribution < 1.29 is 9.53 Å². The van der Waals surface area contributed by atoms with Crippen LogP contribution in [0.15, 0.2) is 60.7 Å². The molecule has 0 aliphatic carbocycles. The van der Waals surface area contributed by atoms with E-state index in [1.807, 2.05) is 42.5 Å². The Balaban J connectivity index is 1.93. The van der Waals surface area contributed by atoms with Gasteiger partial charge in [0, 0.05) is 23.9 Å². The van der Waals surface area contributed by atoms with Gasteiger partial charge in [-0.3, -0.25) is 0 Å². The van der Waals surface area contributed by atoms with Gasteiger partial charge in [0.25, 0.3) is 0 Å². The Morgan fingerprint density at radius 3 is 2.54 bits per heavy atom. The predicted molar refractivity (Wildman–Crippen MR) is 112 cm³/mol. The molecular weight excluding hydrogens is 352 g/mol. The summed E-state index contributed by atoms with van der Waals surface area (Å²) in [6.45, 7) is 5.09. The van der Waals surface area contributed by atoms with Crippen LogP contribution in [0.25, 0.3) is 11.3 Å². The van der Waals surface area contributed by atoms with Gasteiger partial charge in [0.2, 0.25) is 5.95 Å². The quantitative estimate of drug-likeness (QED) is 0.580. The lowest BCUT2D eigenvalue weighted by Crippen LogP contribution is -2.11. The van der Waals surface area contributed by atoms with Crippen LogP contribution in [0, 0.1) is 5.92 Å². The number of carbonyl (C=O) groups excluding carboxylic acids is 1. The molecule has 3 rings (SSSR count). The normalized spacial score (nSPS) is 10.6. The Morgan fingerprint density at radius 1 is 1.04 bits per heavy atom. The number of ether oxygens (including phenoxy) is 1. The van der Waals surface area contributed by atoms with Crippen LogP contribution in [0.2, 0.25) is 0 Å². The number of nitrogens with zero attached hydrogens (tertiary/aromatic N) is 2. The molecule has 0 fully saturated rings. The summed E-state index contributed by atoms with van der Waals surface area (Å²) in [5, 5.41) is 6.55. The lowest BCUT2D eigenvalue weighted by molar-refractivity contribution is 0.0601. The van der Waals surface area contributed by atoms with E-state index in [4.69, 9.17) is 4.74 Å². The summed E-state index contributed by atoms with van der Waals surface area (Å²) in [5.74, 6) is 1.30. The number of aromatic nitrogens is 2. The van der Waals surface area contributed by atoms with Gasteiger partial charge in [-0.15, -0.1) is 0 Å². The molecule has 0 saturated carbocycles. The SMILES string of the molecule is COC(=O)c1cccc(Nc2nc(NCC(C)C)cc(-c3ccccc3)n2)c1. The predicted octanol–water partition coefficient (Wildman–Crippen LogP) is 4.74. The molecule has 6 nitrogen and oxygen atoms in total. The number of rotatable bonds is 7. The maximum absolute atomic E-state index is 11.8. The van der Waals surface area contributed by atoms with Gasteiger partial charge in [0.1, 0.15) is 5.82 Å². The molecule has 0 spiro atoms. The van der Waals surface area contributed by atoms with Gasteiger partial charge in [-0.1, -0.05) is 50.2 Å². The fourth-order valence-electron chi connectivity index (χ4n) is 2.63. The van der Waals surface area contributed by atoms with E-state index in [1.54, 1.807) is 18.2 Å². The second kappa shape index (κ2) is 8.99. The number of hydrogen-bond donors (Lipinski definition) is 2. The molecule has 3 aromatic rings. The number of anilines is 3. The van der Waals surface area contributed by atoms with Gasteiger partial charge in [0.05, 0.1) is 18.4 Å². The molecule has 2 aromatic carbocycles. The van der Waals surface area contributed by atoms with Crippen molar-refractivity contribution in [3.63, 3.8) is 0 Å². The van der Waals surface area contributed by atoms with E-state index in [9.17, 15) is 4.79 Å². The van der Waals surface area contributed by atoms with Crippen LogP contribution in [0.5, 0.6) is 0 Å². The van der Waals surface area contributed by atoms with Gasteiger partial charge in [-0.05, 0) is 24.1 Å². The third-order valence-electron chi connectivity index (χ3n) is 4.03. The molecule has 1 aromatic heterocycles. The van der Waals surface area contributed by atoms with E-state index in [0.29, 0.717) is 23.1 Å². The molecule has 6 heteroatoms. The summed E-state index contributed by atoms with van der Waals surface area (Å²) in [6.07, 6.45) is 0. The van der Waals surface area contributed by atoms with E-state index in [0.717, 1.165) is 23.6 Å². The minimum absolute atomic E-state index is 0.387. The minimum atomic E-state index is -0.387. The number of hydrogen-bond acceptors (Lipinski definition) is 6. The van der Waals surface area contributed by atoms with Crippen LogP contribution >= 0.6 is 0 Å². The monoisotopic (exact) mass is 376 g/mol. The summed E-state index contributed by atoms with van der Waals surface area (Å²) in [4.78, 5) is 21.0. The van der Waals surface area contributed by atoms with Crippen molar-refractivity contribution in [2.45, 2.75) is 13.8 Å². The fourth-order valence-corrected chi connectivity index (χ4v) is 2.63. The van der Waals surface area contributed by atoms with Crippen LogP contribution in [0.4, 0.5) is 17.5 Å². The summed E-state index contributed by atoms with van der Waals surface area (Å²) < 4.78 is 4.78. The Hall–Kier alpha value is -3.41. The first kappa shape index (κ1) is 19.4. The van der Waals surface area contributed by atoms with Crippen molar-refractivity contribution in [1.82, 2.24) is 9.97 Å². The number of esters is 1. The topological polar surface area (TPSA) is 76.1 Å². The summed E-state index contributed by atoms with van der Waals surface area (Å²) in [5.41, 5.74) is 2.99. The number of methoxy groups -OCH3 is 1. The lowest BCUT2D eigenvalue weighted by Gasteiger charge is -2.13. The number of carbonyl (C=O) groups is 1. The van der Waals surface area contributed by atoms with Crippen molar-refractivity contribution in [3.05, 3.63) is 66.2 Å². The molecule has 144 valence electrons. The first-order chi connectivity index (χ1) is 13.5. The lowest BCUT2D eigenvalue weighted by atomic mass is 10.1. The molecule has 0 unspecified atom stereocenters. The van der Waals surface area contributed by atoms with E-state index in [1.165, 1.54) is 7.11 Å². The Kier molecular flexibility index (Phi) is 6.22. The molecule has 0 aliphatic rings. The van der Waals surface area contributed by atoms with Crippen LogP contribution in [0.3, 0.4) is 0 Å². The second-order valence-electron chi connectivity index (χ2n) is 6.80. The van der Waals surface area contributed by atoms with E-state index in [2.05, 4.69) is 34.4 Å². The maximum atomic E-state index is 11.8. The van der Waals surface area contributed by atoms with Gasteiger partial charge >= 0.3 is 5.97 Å². The average molecular weight is 376 g/mol.